The largest absolute Gasteiger partial charge is 0.465 e. The minimum absolute atomic E-state index is 0.268. The quantitative estimate of drug-likeness (QED) is 0.870. The molecule has 0 radical (unpaired) electrons. The van der Waals surface area contributed by atoms with Crippen molar-refractivity contribution in [3.8, 4) is 0 Å². The van der Waals surface area contributed by atoms with Gasteiger partial charge in [-0.25, -0.2) is 4.79 Å². The molecule has 0 aliphatic heterocycles. The molecule has 4 nitrogen and oxygen atoms in total. The second-order valence-corrected chi connectivity index (χ2v) is 5.45. The predicted octanol–water partition coefficient (Wildman–Crippen LogP) is 3.55. The highest BCUT2D eigenvalue weighted by molar-refractivity contribution is 9.10. The van der Waals surface area contributed by atoms with E-state index in [1.807, 2.05) is 0 Å². The van der Waals surface area contributed by atoms with Gasteiger partial charge in [-0.1, -0.05) is 15.9 Å². The van der Waals surface area contributed by atoms with Crippen LogP contribution in [0.5, 0.6) is 0 Å². The summed E-state index contributed by atoms with van der Waals surface area (Å²) in [6.45, 7) is 0. The van der Waals surface area contributed by atoms with Gasteiger partial charge in [0.2, 0.25) is 0 Å². The Balaban J connectivity index is 2.17. The first-order valence-electron chi connectivity index (χ1n) is 5.34. The number of amides is 1. The summed E-state index contributed by atoms with van der Waals surface area (Å²) >= 11 is 4.53. The lowest BCUT2D eigenvalue weighted by molar-refractivity contribution is 0.0607. The van der Waals surface area contributed by atoms with Crippen molar-refractivity contribution in [2.24, 2.45) is 0 Å². The molecular weight excluding hydrogens is 330 g/mol. The summed E-state index contributed by atoms with van der Waals surface area (Å²) in [6.07, 6.45) is 0. The van der Waals surface area contributed by atoms with Crippen LogP contribution in [0.1, 0.15) is 20.0 Å². The summed E-state index contributed by atoms with van der Waals surface area (Å²) in [7, 11) is 1.31. The lowest BCUT2D eigenvalue weighted by atomic mass is 10.2. The molecule has 0 aliphatic carbocycles. The Morgan fingerprint density at radius 1 is 1.21 bits per heavy atom. The van der Waals surface area contributed by atoms with Gasteiger partial charge in [0.15, 0.2) is 0 Å². The standard InChI is InChI=1S/C13H10BrNO3S/c1-18-13(17)11-10(6-7-19-11)15-12(16)8-2-4-9(14)5-3-8/h2-7H,1H3,(H,15,16). The first-order chi connectivity index (χ1) is 9.11. The Morgan fingerprint density at radius 2 is 1.89 bits per heavy atom. The van der Waals surface area contributed by atoms with Crippen LogP contribution in [0.15, 0.2) is 40.2 Å². The normalized spacial score (nSPS) is 10.0. The fourth-order valence-electron chi connectivity index (χ4n) is 1.45. The van der Waals surface area contributed by atoms with Gasteiger partial charge in [0.25, 0.3) is 5.91 Å². The van der Waals surface area contributed by atoms with E-state index in [-0.39, 0.29) is 5.91 Å². The zero-order chi connectivity index (χ0) is 13.8. The summed E-state index contributed by atoms with van der Waals surface area (Å²) < 4.78 is 5.55. The number of anilines is 1. The van der Waals surface area contributed by atoms with Crippen LogP contribution in [0.4, 0.5) is 5.69 Å². The van der Waals surface area contributed by atoms with E-state index in [1.165, 1.54) is 18.4 Å². The van der Waals surface area contributed by atoms with Gasteiger partial charge in [-0.2, -0.15) is 0 Å². The molecule has 0 unspecified atom stereocenters. The molecule has 1 aromatic heterocycles. The van der Waals surface area contributed by atoms with Crippen LogP contribution in [-0.2, 0) is 4.74 Å². The number of esters is 1. The molecule has 1 heterocycles. The third-order valence-electron chi connectivity index (χ3n) is 2.39. The lowest BCUT2D eigenvalue weighted by Crippen LogP contribution is -2.13. The van der Waals surface area contributed by atoms with Crippen LogP contribution >= 0.6 is 27.3 Å². The van der Waals surface area contributed by atoms with Crippen LogP contribution in [0.3, 0.4) is 0 Å². The molecule has 2 aromatic rings. The summed E-state index contributed by atoms with van der Waals surface area (Å²) in [5.74, 6) is -0.725. The van der Waals surface area contributed by atoms with E-state index in [2.05, 4.69) is 26.0 Å². The van der Waals surface area contributed by atoms with Crippen molar-refractivity contribution in [2.75, 3.05) is 12.4 Å². The van der Waals surface area contributed by atoms with Crippen LogP contribution in [0.25, 0.3) is 0 Å². The molecule has 19 heavy (non-hydrogen) atoms. The number of carbonyl (C=O) groups excluding carboxylic acids is 2. The molecule has 0 fully saturated rings. The predicted molar refractivity (Wildman–Crippen MR) is 77.8 cm³/mol. The highest BCUT2D eigenvalue weighted by Gasteiger charge is 2.16. The maximum Gasteiger partial charge on any atom is 0.350 e. The molecule has 1 aromatic carbocycles. The molecule has 0 spiro atoms. The minimum atomic E-state index is -0.457. The van der Waals surface area contributed by atoms with Gasteiger partial charge in [-0.3, -0.25) is 4.79 Å². The number of halogens is 1. The van der Waals surface area contributed by atoms with Crippen molar-refractivity contribution < 1.29 is 14.3 Å². The number of nitrogens with one attached hydrogen (secondary N) is 1. The SMILES string of the molecule is COC(=O)c1sccc1NC(=O)c1ccc(Br)cc1. The lowest BCUT2D eigenvalue weighted by Gasteiger charge is -2.05. The summed E-state index contributed by atoms with van der Waals surface area (Å²) in [4.78, 5) is 23.9. The van der Waals surface area contributed by atoms with E-state index in [1.54, 1.807) is 35.7 Å². The van der Waals surface area contributed by atoms with E-state index >= 15 is 0 Å². The highest BCUT2D eigenvalue weighted by atomic mass is 79.9. The summed E-state index contributed by atoms with van der Waals surface area (Å²) in [5, 5.41) is 4.42. The van der Waals surface area contributed by atoms with Crippen LogP contribution in [0, 0.1) is 0 Å². The zero-order valence-corrected chi connectivity index (χ0v) is 12.4. The fraction of sp³-hybridized carbons (Fsp3) is 0.0769. The third-order valence-corrected chi connectivity index (χ3v) is 3.81. The van der Waals surface area contributed by atoms with Crippen molar-refractivity contribution in [1.29, 1.82) is 0 Å². The Labute approximate surface area is 122 Å². The van der Waals surface area contributed by atoms with Gasteiger partial charge in [0, 0.05) is 10.0 Å². The number of rotatable bonds is 3. The van der Waals surface area contributed by atoms with Crippen molar-refractivity contribution in [2.45, 2.75) is 0 Å². The van der Waals surface area contributed by atoms with Crippen molar-refractivity contribution in [3.05, 3.63) is 50.6 Å². The maximum absolute atomic E-state index is 12.0. The number of ether oxygens (including phenoxy) is 1. The van der Waals surface area contributed by atoms with E-state index in [9.17, 15) is 9.59 Å². The Hall–Kier alpha value is -1.66. The number of methoxy groups -OCH3 is 1. The van der Waals surface area contributed by atoms with Crippen molar-refractivity contribution >= 4 is 44.8 Å². The summed E-state index contributed by atoms with van der Waals surface area (Å²) in [5.41, 5.74) is 0.981. The first-order valence-corrected chi connectivity index (χ1v) is 7.02. The molecule has 6 heteroatoms. The topological polar surface area (TPSA) is 55.4 Å². The van der Waals surface area contributed by atoms with Gasteiger partial charge in [-0.05, 0) is 35.7 Å². The number of benzene rings is 1. The smallest absolute Gasteiger partial charge is 0.350 e. The van der Waals surface area contributed by atoms with Gasteiger partial charge < -0.3 is 10.1 Å². The Kier molecular flexibility index (Phi) is 4.34. The molecule has 0 bridgehead atoms. The van der Waals surface area contributed by atoms with Crippen LogP contribution < -0.4 is 5.32 Å². The molecule has 2 rings (SSSR count). The number of carbonyl (C=O) groups is 2. The molecule has 0 atom stereocenters. The average Bonchev–Trinajstić information content (AvgIpc) is 2.86. The number of hydrogen-bond donors (Lipinski definition) is 1. The molecule has 1 N–H and O–H groups in total. The van der Waals surface area contributed by atoms with Crippen molar-refractivity contribution in [3.63, 3.8) is 0 Å². The van der Waals surface area contributed by atoms with Gasteiger partial charge >= 0.3 is 5.97 Å². The van der Waals surface area contributed by atoms with E-state index in [0.717, 1.165) is 4.47 Å². The fourth-order valence-corrected chi connectivity index (χ4v) is 2.48. The summed E-state index contributed by atoms with van der Waals surface area (Å²) in [6, 6.07) is 8.63. The Morgan fingerprint density at radius 3 is 2.53 bits per heavy atom. The number of hydrogen-bond acceptors (Lipinski definition) is 4. The molecule has 0 saturated heterocycles. The van der Waals surface area contributed by atoms with Crippen LogP contribution in [0.2, 0.25) is 0 Å². The van der Waals surface area contributed by atoms with E-state index in [4.69, 9.17) is 0 Å². The number of thiophene rings is 1. The molecule has 98 valence electrons. The second kappa shape index (κ2) is 5.99. The molecule has 0 aliphatic rings. The molecular formula is C13H10BrNO3S. The second-order valence-electron chi connectivity index (χ2n) is 3.62. The van der Waals surface area contributed by atoms with E-state index in [0.29, 0.717) is 16.1 Å². The minimum Gasteiger partial charge on any atom is -0.465 e. The Bertz CT molecular complexity index is 607. The van der Waals surface area contributed by atoms with Crippen LogP contribution in [-0.4, -0.2) is 19.0 Å². The molecule has 1 amide bonds. The van der Waals surface area contributed by atoms with Gasteiger partial charge in [-0.15, -0.1) is 11.3 Å². The third kappa shape index (κ3) is 3.21. The van der Waals surface area contributed by atoms with Crippen molar-refractivity contribution in [1.82, 2.24) is 0 Å². The van der Waals surface area contributed by atoms with E-state index < -0.39 is 5.97 Å². The zero-order valence-electron chi connectivity index (χ0n) is 9.98. The monoisotopic (exact) mass is 339 g/mol. The molecule has 0 saturated carbocycles. The highest BCUT2D eigenvalue weighted by Crippen LogP contribution is 2.23. The maximum atomic E-state index is 12.0. The van der Waals surface area contributed by atoms with Gasteiger partial charge in [0.05, 0.1) is 12.8 Å². The average molecular weight is 340 g/mol. The first kappa shape index (κ1) is 13.8. The van der Waals surface area contributed by atoms with Gasteiger partial charge in [0.1, 0.15) is 4.88 Å².